The van der Waals surface area contributed by atoms with Crippen molar-refractivity contribution in [2.24, 2.45) is 0 Å². The van der Waals surface area contributed by atoms with Gasteiger partial charge in [0.2, 0.25) is 0 Å². The molecule has 0 bridgehead atoms. The van der Waals surface area contributed by atoms with Crippen LogP contribution in [-0.2, 0) is 0 Å². The number of nitrogens with one attached hydrogen (secondary N) is 3. The van der Waals surface area contributed by atoms with E-state index in [0.29, 0.717) is 5.75 Å². The molecule has 8 heteroatoms. The van der Waals surface area contributed by atoms with Crippen molar-refractivity contribution >= 4 is 12.1 Å². The van der Waals surface area contributed by atoms with Gasteiger partial charge in [-0.1, -0.05) is 17.7 Å². The first kappa shape index (κ1) is 14.5. The largest absolute Gasteiger partial charge is 0.491 e. The summed E-state index contributed by atoms with van der Waals surface area (Å²) in [6.45, 7) is 2.11. The summed E-state index contributed by atoms with van der Waals surface area (Å²) >= 11 is 0. The highest BCUT2D eigenvalue weighted by Crippen LogP contribution is 2.15. The molecule has 2 saturated heterocycles. The Morgan fingerprint density at radius 2 is 1.95 bits per heavy atom. The summed E-state index contributed by atoms with van der Waals surface area (Å²) in [4.78, 5) is 24.4. The Kier molecular flexibility index (Phi) is 3.76. The van der Waals surface area contributed by atoms with E-state index in [2.05, 4.69) is 16.0 Å². The van der Waals surface area contributed by atoms with Crippen LogP contribution in [0.2, 0.25) is 0 Å². The van der Waals surface area contributed by atoms with E-state index in [0.717, 1.165) is 5.56 Å². The van der Waals surface area contributed by atoms with Crippen molar-refractivity contribution in [1.82, 2.24) is 20.9 Å². The summed E-state index contributed by atoms with van der Waals surface area (Å²) in [7, 11) is 0. The molecular formula is C14H18N4O4. The molecule has 0 saturated carbocycles. The lowest BCUT2D eigenvalue weighted by Gasteiger charge is -2.24. The number of aliphatic hydroxyl groups excluding tert-OH is 1. The number of nitrogens with zero attached hydrogens (tertiary/aromatic N) is 1. The second kappa shape index (κ2) is 5.72. The molecule has 3 rings (SSSR count). The van der Waals surface area contributed by atoms with Gasteiger partial charge in [-0.05, 0) is 19.1 Å². The minimum Gasteiger partial charge on any atom is -0.491 e. The van der Waals surface area contributed by atoms with Crippen molar-refractivity contribution in [1.29, 1.82) is 0 Å². The SMILES string of the molecule is Cc1ccc(OCC(O)CN2C(=O)NC3NC(=O)NC32)cc1. The second-order valence-electron chi connectivity index (χ2n) is 5.42. The van der Waals surface area contributed by atoms with Crippen LogP contribution >= 0.6 is 0 Å². The molecule has 1 aromatic carbocycles. The first-order chi connectivity index (χ1) is 10.5. The Morgan fingerprint density at radius 1 is 1.23 bits per heavy atom. The number of carbonyl (C=O) groups excluding carboxylic acids is 2. The molecule has 1 aromatic rings. The molecule has 2 aliphatic rings. The summed E-state index contributed by atoms with van der Waals surface area (Å²) in [5.41, 5.74) is 1.12. The lowest BCUT2D eigenvalue weighted by molar-refractivity contribution is 0.0709. The lowest BCUT2D eigenvalue weighted by Crippen LogP contribution is -2.47. The van der Waals surface area contributed by atoms with Gasteiger partial charge in [0.25, 0.3) is 0 Å². The third-order valence-corrected chi connectivity index (χ3v) is 3.63. The first-order valence-electron chi connectivity index (χ1n) is 7.04. The van der Waals surface area contributed by atoms with E-state index < -0.39 is 18.4 Å². The number of carbonyl (C=O) groups is 2. The third kappa shape index (κ3) is 2.91. The Morgan fingerprint density at radius 3 is 2.68 bits per heavy atom. The van der Waals surface area contributed by atoms with Gasteiger partial charge in [-0.3, -0.25) is 4.90 Å². The van der Waals surface area contributed by atoms with Crippen LogP contribution in [0.5, 0.6) is 5.75 Å². The number of hydrogen-bond acceptors (Lipinski definition) is 4. The number of aryl methyl sites for hydroxylation is 1. The minimum atomic E-state index is -0.858. The monoisotopic (exact) mass is 306 g/mol. The Labute approximate surface area is 127 Å². The molecule has 0 aliphatic carbocycles. The Hall–Kier alpha value is -2.48. The van der Waals surface area contributed by atoms with Crippen LogP contribution in [-0.4, -0.2) is 53.7 Å². The van der Waals surface area contributed by atoms with E-state index in [1.807, 2.05) is 31.2 Å². The van der Waals surface area contributed by atoms with Gasteiger partial charge in [-0.25, -0.2) is 9.59 Å². The van der Waals surface area contributed by atoms with Crippen LogP contribution in [0.1, 0.15) is 5.56 Å². The smallest absolute Gasteiger partial charge is 0.321 e. The summed E-state index contributed by atoms with van der Waals surface area (Å²) < 4.78 is 5.49. The Balaban J connectivity index is 1.53. The van der Waals surface area contributed by atoms with Crippen molar-refractivity contribution < 1.29 is 19.4 Å². The van der Waals surface area contributed by atoms with Crippen molar-refractivity contribution in [3.63, 3.8) is 0 Å². The summed E-state index contributed by atoms with van der Waals surface area (Å²) in [6.07, 6.45) is -1.82. The van der Waals surface area contributed by atoms with Gasteiger partial charge < -0.3 is 25.8 Å². The molecule has 8 nitrogen and oxygen atoms in total. The number of urea groups is 2. The highest BCUT2D eigenvalue weighted by Gasteiger charge is 2.45. The first-order valence-corrected chi connectivity index (χ1v) is 7.04. The van der Waals surface area contributed by atoms with Crippen LogP contribution in [0.25, 0.3) is 0 Å². The van der Waals surface area contributed by atoms with Crippen molar-refractivity contribution in [2.75, 3.05) is 13.2 Å². The molecule has 4 N–H and O–H groups in total. The van der Waals surface area contributed by atoms with E-state index in [-0.39, 0.29) is 25.2 Å². The van der Waals surface area contributed by atoms with Crippen molar-refractivity contribution in [3.8, 4) is 5.75 Å². The topological polar surface area (TPSA) is 103 Å². The molecule has 2 heterocycles. The molecule has 2 fully saturated rings. The van der Waals surface area contributed by atoms with E-state index in [9.17, 15) is 14.7 Å². The summed E-state index contributed by atoms with van der Waals surface area (Å²) in [5, 5.41) is 17.9. The number of hydrogen-bond donors (Lipinski definition) is 4. The maximum Gasteiger partial charge on any atom is 0.321 e. The van der Waals surface area contributed by atoms with Crippen molar-refractivity contribution in [3.05, 3.63) is 29.8 Å². The van der Waals surface area contributed by atoms with Crippen LogP contribution in [0, 0.1) is 6.92 Å². The van der Waals surface area contributed by atoms with Gasteiger partial charge in [-0.2, -0.15) is 0 Å². The molecular weight excluding hydrogens is 288 g/mol. The maximum absolute atomic E-state index is 11.8. The Bertz CT molecular complexity index is 577. The molecule has 4 amide bonds. The number of fused-ring (bicyclic) bond motifs is 1. The van der Waals surface area contributed by atoms with Gasteiger partial charge >= 0.3 is 12.1 Å². The van der Waals surface area contributed by atoms with Gasteiger partial charge in [0.1, 0.15) is 30.8 Å². The molecule has 3 unspecified atom stereocenters. The van der Waals surface area contributed by atoms with Crippen LogP contribution in [0.4, 0.5) is 9.59 Å². The zero-order chi connectivity index (χ0) is 15.7. The maximum atomic E-state index is 11.8. The summed E-state index contributed by atoms with van der Waals surface area (Å²) in [6, 6.07) is 6.80. The molecule has 0 spiro atoms. The standard InChI is InChI=1S/C14H18N4O4/c1-8-2-4-10(5-3-8)22-7-9(19)6-18-12-11(16-14(18)21)15-13(20)17-12/h2-5,9,11-12,19H,6-7H2,1H3,(H,16,21)(H2,15,17,20). The highest BCUT2D eigenvalue weighted by molar-refractivity contribution is 5.84. The highest BCUT2D eigenvalue weighted by atomic mass is 16.5. The summed E-state index contributed by atoms with van der Waals surface area (Å²) in [5.74, 6) is 0.657. The zero-order valence-corrected chi connectivity index (χ0v) is 12.1. The number of aliphatic hydroxyl groups is 1. The quantitative estimate of drug-likeness (QED) is 0.601. The van der Waals surface area contributed by atoms with Crippen LogP contribution < -0.4 is 20.7 Å². The van der Waals surface area contributed by atoms with Gasteiger partial charge in [0.15, 0.2) is 0 Å². The number of benzene rings is 1. The van der Waals surface area contributed by atoms with E-state index in [1.54, 1.807) is 0 Å². The van der Waals surface area contributed by atoms with E-state index in [4.69, 9.17) is 4.74 Å². The van der Waals surface area contributed by atoms with Crippen molar-refractivity contribution in [2.45, 2.75) is 25.4 Å². The fraction of sp³-hybridized carbons (Fsp3) is 0.429. The average molecular weight is 306 g/mol. The predicted octanol–water partition coefficient (Wildman–Crippen LogP) is -0.275. The second-order valence-corrected chi connectivity index (χ2v) is 5.42. The lowest BCUT2D eigenvalue weighted by atomic mass is 10.2. The number of rotatable bonds is 5. The molecule has 118 valence electrons. The molecule has 22 heavy (non-hydrogen) atoms. The number of β-amino-alcohol motifs (C(OH)–C–C–N with tert-alkyl or cyclic N) is 1. The normalized spacial score (nSPS) is 24.4. The number of ether oxygens (including phenoxy) is 1. The van der Waals surface area contributed by atoms with Gasteiger partial charge in [0, 0.05) is 0 Å². The predicted molar refractivity (Wildman–Crippen MR) is 77.2 cm³/mol. The molecule has 0 radical (unpaired) electrons. The average Bonchev–Trinajstić information content (AvgIpc) is 2.96. The van der Waals surface area contributed by atoms with Gasteiger partial charge in [-0.15, -0.1) is 0 Å². The van der Waals surface area contributed by atoms with Gasteiger partial charge in [0.05, 0.1) is 6.54 Å². The third-order valence-electron chi connectivity index (χ3n) is 3.63. The molecule has 3 atom stereocenters. The van der Waals surface area contributed by atoms with E-state index >= 15 is 0 Å². The molecule has 2 aliphatic heterocycles. The van der Waals surface area contributed by atoms with Crippen LogP contribution in [0.15, 0.2) is 24.3 Å². The minimum absolute atomic E-state index is 0.0611. The number of amides is 4. The fourth-order valence-corrected chi connectivity index (χ4v) is 2.50. The zero-order valence-electron chi connectivity index (χ0n) is 12.1. The van der Waals surface area contributed by atoms with E-state index in [1.165, 1.54) is 4.90 Å². The fourth-order valence-electron chi connectivity index (χ4n) is 2.50. The van der Waals surface area contributed by atoms with Crippen LogP contribution in [0.3, 0.4) is 0 Å². The molecule has 0 aromatic heterocycles.